The summed E-state index contributed by atoms with van der Waals surface area (Å²) in [5.41, 5.74) is 1.60. The number of benzene rings is 1. The molecule has 1 aliphatic rings. The average Bonchev–Trinajstić information content (AvgIpc) is 2.83. The highest BCUT2D eigenvalue weighted by Gasteiger charge is 2.10. The molecule has 0 aliphatic carbocycles. The number of carboxylic acids is 1. The molecule has 1 saturated heterocycles. The zero-order chi connectivity index (χ0) is 12.1. The average molecular weight is 233 g/mol. The largest absolute Gasteiger partial charge is 0.478 e. The van der Waals surface area contributed by atoms with E-state index in [1.54, 1.807) is 12.1 Å². The van der Waals surface area contributed by atoms with Gasteiger partial charge in [-0.1, -0.05) is 12.1 Å². The normalized spacial score (nSPS) is 16.2. The molecule has 1 heterocycles. The summed E-state index contributed by atoms with van der Waals surface area (Å²) in [4.78, 5) is 13.2. The van der Waals surface area contributed by atoms with Gasteiger partial charge in [-0.25, -0.2) is 4.79 Å². The topological polar surface area (TPSA) is 40.5 Å². The fourth-order valence-electron chi connectivity index (χ4n) is 2.33. The van der Waals surface area contributed by atoms with Gasteiger partial charge in [0.05, 0.1) is 5.56 Å². The summed E-state index contributed by atoms with van der Waals surface area (Å²) in [7, 11) is 0. The van der Waals surface area contributed by atoms with Gasteiger partial charge in [0.15, 0.2) is 0 Å². The molecule has 3 heteroatoms. The van der Waals surface area contributed by atoms with E-state index in [0.29, 0.717) is 5.56 Å². The molecule has 0 spiro atoms. The van der Waals surface area contributed by atoms with Crippen LogP contribution in [0.25, 0.3) is 0 Å². The van der Waals surface area contributed by atoms with Crippen LogP contribution in [0.2, 0.25) is 0 Å². The minimum absolute atomic E-state index is 0.369. The number of aromatic carboxylic acids is 1. The maximum Gasteiger partial charge on any atom is 0.335 e. The maximum absolute atomic E-state index is 10.7. The molecule has 1 fully saturated rings. The molecule has 3 nitrogen and oxygen atoms in total. The quantitative estimate of drug-likeness (QED) is 0.849. The molecule has 17 heavy (non-hydrogen) atoms. The number of nitrogens with zero attached hydrogens (tertiary/aromatic N) is 1. The predicted octanol–water partition coefficient (Wildman–Crippen LogP) is 2.41. The molecule has 1 aromatic rings. The number of likely N-dealkylation sites (tertiary alicyclic amines) is 1. The fraction of sp³-hybridized carbons (Fsp3) is 0.500. The Morgan fingerprint density at radius 2 is 1.82 bits per heavy atom. The van der Waals surface area contributed by atoms with E-state index in [1.807, 2.05) is 12.1 Å². The molecule has 0 bridgehead atoms. The monoisotopic (exact) mass is 233 g/mol. The van der Waals surface area contributed by atoms with E-state index in [1.165, 1.54) is 38.0 Å². The van der Waals surface area contributed by atoms with Crippen molar-refractivity contribution in [3.8, 4) is 0 Å². The van der Waals surface area contributed by atoms with Crippen LogP contribution in [0.4, 0.5) is 0 Å². The number of aryl methyl sites for hydroxylation is 1. The highest BCUT2D eigenvalue weighted by Crippen LogP contribution is 2.10. The van der Waals surface area contributed by atoms with Crippen molar-refractivity contribution in [3.63, 3.8) is 0 Å². The Bertz CT molecular complexity index is 366. The van der Waals surface area contributed by atoms with E-state index < -0.39 is 5.97 Å². The van der Waals surface area contributed by atoms with E-state index in [9.17, 15) is 4.79 Å². The molecule has 1 aromatic carbocycles. The van der Waals surface area contributed by atoms with Gasteiger partial charge in [0.2, 0.25) is 0 Å². The van der Waals surface area contributed by atoms with E-state index >= 15 is 0 Å². The summed E-state index contributed by atoms with van der Waals surface area (Å²) < 4.78 is 0. The standard InChI is InChI=1S/C14H19NO2/c16-14(17)13-7-5-12(6-8-13)4-3-11-15-9-1-2-10-15/h5-8H,1-4,9-11H2,(H,16,17). The van der Waals surface area contributed by atoms with Gasteiger partial charge in [-0.3, -0.25) is 0 Å². The fourth-order valence-corrected chi connectivity index (χ4v) is 2.33. The molecule has 0 saturated carbocycles. The van der Waals surface area contributed by atoms with Crippen molar-refractivity contribution in [1.29, 1.82) is 0 Å². The molecule has 2 rings (SSSR count). The van der Waals surface area contributed by atoms with E-state index in [-0.39, 0.29) is 0 Å². The summed E-state index contributed by atoms with van der Waals surface area (Å²) in [6, 6.07) is 7.22. The smallest absolute Gasteiger partial charge is 0.335 e. The molecular formula is C14H19NO2. The number of hydrogen-bond acceptors (Lipinski definition) is 2. The van der Waals surface area contributed by atoms with Crippen molar-refractivity contribution in [2.24, 2.45) is 0 Å². The van der Waals surface area contributed by atoms with Gasteiger partial charge in [0.25, 0.3) is 0 Å². The van der Waals surface area contributed by atoms with Crippen molar-refractivity contribution in [2.45, 2.75) is 25.7 Å². The molecule has 0 unspecified atom stereocenters. The van der Waals surface area contributed by atoms with Gasteiger partial charge in [-0.2, -0.15) is 0 Å². The first-order chi connectivity index (χ1) is 8.25. The second kappa shape index (κ2) is 5.82. The first-order valence-corrected chi connectivity index (χ1v) is 6.30. The molecule has 0 amide bonds. The zero-order valence-corrected chi connectivity index (χ0v) is 10.1. The first-order valence-electron chi connectivity index (χ1n) is 6.30. The lowest BCUT2D eigenvalue weighted by atomic mass is 10.1. The Hall–Kier alpha value is -1.35. The third-order valence-electron chi connectivity index (χ3n) is 3.34. The third kappa shape index (κ3) is 3.56. The van der Waals surface area contributed by atoms with Crippen molar-refractivity contribution >= 4 is 5.97 Å². The Morgan fingerprint density at radius 3 is 2.41 bits per heavy atom. The van der Waals surface area contributed by atoms with E-state index in [2.05, 4.69) is 4.90 Å². The van der Waals surface area contributed by atoms with Gasteiger partial charge >= 0.3 is 5.97 Å². The molecule has 1 aliphatic heterocycles. The summed E-state index contributed by atoms with van der Waals surface area (Å²) in [6.45, 7) is 3.66. The molecular weight excluding hydrogens is 214 g/mol. The highest BCUT2D eigenvalue weighted by atomic mass is 16.4. The number of carboxylic acid groups (broad SMARTS) is 1. The van der Waals surface area contributed by atoms with Crippen LogP contribution in [0.3, 0.4) is 0 Å². The molecule has 0 radical (unpaired) electrons. The highest BCUT2D eigenvalue weighted by molar-refractivity contribution is 5.87. The Balaban J connectivity index is 1.76. The minimum atomic E-state index is -0.853. The van der Waals surface area contributed by atoms with Crippen LogP contribution in [-0.4, -0.2) is 35.6 Å². The molecule has 1 N–H and O–H groups in total. The lowest BCUT2D eigenvalue weighted by Crippen LogP contribution is -2.20. The van der Waals surface area contributed by atoms with Gasteiger partial charge in [0, 0.05) is 0 Å². The Kier molecular flexibility index (Phi) is 4.15. The first kappa shape index (κ1) is 12.1. The van der Waals surface area contributed by atoms with Crippen molar-refractivity contribution in [2.75, 3.05) is 19.6 Å². The van der Waals surface area contributed by atoms with Crippen LogP contribution >= 0.6 is 0 Å². The van der Waals surface area contributed by atoms with Crippen LogP contribution in [0.1, 0.15) is 35.2 Å². The third-order valence-corrected chi connectivity index (χ3v) is 3.34. The lowest BCUT2D eigenvalue weighted by molar-refractivity contribution is 0.0697. The van der Waals surface area contributed by atoms with E-state index in [0.717, 1.165) is 12.8 Å². The molecule has 92 valence electrons. The van der Waals surface area contributed by atoms with Gasteiger partial charge in [0.1, 0.15) is 0 Å². The van der Waals surface area contributed by atoms with Gasteiger partial charge in [-0.05, 0) is 63.0 Å². The predicted molar refractivity (Wildman–Crippen MR) is 67.4 cm³/mol. The Labute approximate surface area is 102 Å². The lowest BCUT2D eigenvalue weighted by Gasteiger charge is -2.13. The second-order valence-electron chi connectivity index (χ2n) is 4.65. The van der Waals surface area contributed by atoms with Crippen LogP contribution in [0, 0.1) is 0 Å². The van der Waals surface area contributed by atoms with Crippen LogP contribution in [0.5, 0.6) is 0 Å². The summed E-state index contributed by atoms with van der Waals surface area (Å²) in [5.74, 6) is -0.853. The van der Waals surface area contributed by atoms with Crippen LogP contribution in [0.15, 0.2) is 24.3 Å². The number of hydrogen-bond donors (Lipinski definition) is 1. The van der Waals surface area contributed by atoms with Crippen molar-refractivity contribution in [3.05, 3.63) is 35.4 Å². The van der Waals surface area contributed by atoms with Gasteiger partial charge in [-0.15, -0.1) is 0 Å². The van der Waals surface area contributed by atoms with E-state index in [4.69, 9.17) is 5.11 Å². The Morgan fingerprint density at radius 1 is 1.18 bits per heavy atom. The SMILES string of the molecule is O=C(O)c1ccc(CCCN2CCCC2)cc1. The maximum atomic E-state index is 10.7. The second-order valence-corrected chi connectivity index (χ2v) is 4.65. The summed E-state index contributed by atoms with van der Waals surface area (Å²) >= 11 is 0. The number of carbonyl (C=O) groups is 1. The number of rotatable bonds is 5. The van der Waals surface area contributed by atoms with Crippen LogP contribution < -0.4 is 0 Å². The van der Waals surface area contributed by atoms with Crippen molar-refractivity contribution < 1.29 is 9.90 Å². The summed E-state index contributed by atoms with van der Waals surface area (Å²) in [6.07, 6.45) is 4.88. The zero-order valence-electron chi connectivity index (χ0n) is 10.1. The summed E-state index contributed by atoms with van der Waals surface area (Å²) in [5, 5.41) is 8.79. The molecule has 0 aromatic heterocycles. The van der Waals surface area contributed by atoms with Crippen molar-refractivity contribution in [1.82, 2.24) is 4.90 Å². The van der Waals surface area contributed by atoms with Crippen LogP contribution in [-0.2, 0) is 6.42 Å². The minimum Gasteiger partial charge on any atom is -0.478 e. The van der Waals surface area contributed by atoms with Gasteiger partial charge < -0.3 is 10.0 Å². The molecule has 0 atom stereocenters.